The fourth-order valence-corrected chi connectivity index (χ4v) is 1.58. The highest BCUT2D eigenvalue weighted by molar-refractivity contribution is 5.28. The molecule has 0 aliphatic rings. The highest BCUT2D eigenvalue weighted by atomic mass is 19.3. The van der Waals surface area contributed by atoms with Gasteiger partial charge in [0, 0.05) is 12.6 Å². The molecule has 5 heteroatoms. The van der Waals surface area contributed by atoms with Crippen LogP contribution in [0.3, 0.4) is 0 Å². The van der Waals surface area contributed by atoms with Crippen LogP contribution in [0.15, 0.2) is 24.3 Å². The van der Waals surface area contributed by atoms with Gasteiger partial charge in [0.25, 0.3) is 0 Å². The predicted molar refractivity (Wildman–Crippen MR) is 75.0 cm³/mol. The van der Waals surface area contributed by atoms with Gasteiger partial charge in [-0.1, -0.05) is 32.9 Å². The molecule has 0 amide bonds. The molecule has 114 valence electrons. The van der Waals surface area contributed by atoms with E-state index in [2.05, 4.69) is 37.7 Å². The molecule has 20 heavy (non-hydrogen) atoms. The van der Waals surface area contributed by atoms with Crippen LogP contribution in [0.25, 0.3) is 0 Å². The Labute approximate surface area is 119 Å². The van der Waals surface area contributed by atoms with Gasteiger partial charge in [-0.2, -0.15) is 8.78 Å². The van der Waals surface area contributed by atoms with Crippen LogP contribution in [0.5, 0.6) is 5.75 Å². The maximum atomic E-state index is 12.0. The minimum absolute atomic E-state index is 0.0898. The lowest BCUT2D eigenvalue weighted by molar-refractivity contribution is -0.0498. The Morgan fingerprint density at radius 3 is 2.20 bits per heavy atom. The molecule has 0 aliphatic heterocycles. The molecule has 2 unspecified atom stereocenters. The standard InChI is InChI=1S/C15H23F2NO2/c1-10(15(2,3)4)18-9-13(19)11-5-7-12(8-6-11)20-14(16)17/h5-8,10,13-14,18-19H,9H2,1-4H3. The van der Waals surface area contributed by atoms with E-state index in [1.165, 1.54) is 12.1 Å². The average Bonchev–Trinajstić information content (AvgIpc) is 2.34. The van der Waals surface area contributed by atoms with Crippen LogP contribution in [-0.2, 0) is 0 Å². The Morgan fingerprint density at radius 1 is 1.20 bits per heavy atom. The van der Waals surface area contributed by atoms with Gasteiger partial charge in [0.05, 0.1) is 6.10 Å². The summed E-state index contributed by atoms with van der Waals surface area (Å²) < 4.78 is 28.3. The van der Waals surface area contributed by atoms with E-state index >= 15 is 0 Å². The van der Waals surface area contributed by atoms with E-state index in [0.29, 0.717) is 12.1 Å². The van der Waals surface area contributed by atoms with Gasteiger partial charge in [-0.25, -0.2) is 0 Å². The van der Waals surface area contributed by atoms with Crippen molar-refractivity contribution in [2.45, 2.75) is 46.5 Å². The van der Waals surface area contributed by atoms with Gasteiger partial charge in [-0.3, -0.25) is 0 Å². The zero-order valence-electron chi connectivity index (χ0n) is 12.4. The molecule has 2 N–H and O–H groups in total. The molecule has 1 rings (SSSR count). The molecule has 0 radical (unpaired) electrons. The lowest BCUT2D eigenvalue weighted by Crippen LogP contribution is -2.39. The van der Waals surface area contributed by atoms with Crippen LogP contribution in [-0.4, -0.2) is 24.3 Å². The second kappa shape index (κ2) is 6.99. The van der Waals surface area contributed by atoms with Crippen molar-refractivity contribution >= 4 is 0 Å². The van der Waals surface area contributed by atoms with Crippen molar-refractivity contribution in [3.63, 3.8) is 0 Å². The summed E-state index contributed by atoms with van der Waals surface area (Å²) in [5.41, 5.74) is 0.773. The Bertz CT molecular complexity index is 401. The molecule has 0 heterocycles. The van der Waals surface area contributed by atoms with Gasteiger partial charge in [0.2, 0.25) is 0 Å². The first kappa shape index (κ1) is 16.9. The minimum Gasteiger partial charge on any atom is -0.435 e. The molecule has 0 fully saturated rings. The minimum atomic E-state index is -2.83. The molecule has 3 nitrogen and oxygen atoms in total. The highest BCUT2D eigenvalue weighted by Crippen LogP contribution is 2.21. The van der Waals surface area contributed by atoms with Gasteiger partial charge in [0.1, 0.15) is 5.75 Å². The van der Waals surface area contributed by atoms with Crippen LogP contribution in [0.2, 0.25) is 0 Å². The van der Waals surface area contributed by atoms with Gasteiger partial charge < -0.3 is 15.2 Å². The number of aliphatic hydroxyl groups excluding tert-OH is 1. The van der Waals surface area contributed by atoms with Gasteiger partial charge in [0.15, 0.2) is 0 Å². The summed E-state index contributed by atoms with van der Waals surface area (Å²) in [7, 11) is 0. The van der Waals surface area contributed by atoms with Crippen LogP contribution < -0.4 is 10.1 Å². The van der Waals surface area contributed by atoms with Crippen molar-refractivity contribution in [1.29, 1.82) is 0 Å². The van der Waals surface area contributed by atoms with E-state index in [1.54, 1.807) is 12.1 Å². The van der Waals surface area contributed by atoms with Crippen LogP contribution in [0, 0.1) is 5.41 Å². The molecule has 1 aromatic rings. The first-order valence-corrected chi connectivity index (χ1v) is 6.66. The quantitative estimate of drug-likeness (QED) is 0.843. The van der Waals surface area contributed by atoms with Gasteiger partial charge in [-0.05, 0) is 30.0 Å². The molecular formula is C15H23F2NO2. The van der Waals surface area contributed by atoms with Crippen LogP contribution in [0.1, 0.15) is 39.4 Å². The van der Waals surface area contributed by atoms with Gasteiger partial charge in [-0.15, -0.1) is 0 Å². The number of ether oxygens (including phenoxy) is 1. The van der Waals surface area contributed by atoms with Gasteiger partial charge >= 0.3 is 6.61 Å². The van der Waals surface area contributed by atoms with Crippen molar-refractivity contribution in [3.8, 4) is 5.75 Å². The molecule has 0 aromatic heterocycles. The lowest BCUT2D eigenvalue weighted by atomic mass is 9.88. The third-order valence-electron chi connectivity index (χ3n) is 3.41. The summed E-state index contributed by atoms with van der Waals surface area (Å²) in [6.45, 7) is 5.99. The van der Waals surface area contributed by atoms with Crippen molar-refractivity contribution in [2.24, 2.45) is 5.41 Å². The zero-order chi connectivity index (χ0) is 15.3. The molecule has 0 spiro atoms. The number of hydrogen-bond donors (Lipinski definition) is 2. The van der Waals surface area contributed by atoms with E-state index in [4.69, 9.17) is 0 Å². The fraction of sp³-hybridized carbons (Fsp3) is 0.600. The Kier molecular flexibility index (Phi) is 5.89. The number of aliphatic hydroxyl groups is 1. The molecular weight excluding hydrogens is 264 g/mol. The number of hydrogen-bond acceptors (Lipinski definition) is 3. The Hall–Kier alpha value is -1.20. The monoisotopic (exact) mass is 287 g/mol. The smallest absolute Gasteiger partial charge is 0.387 e. The first-order chi connectivity index (χ1) is 9.20. The predicted octanol–water partition coefficient (Wildman–Crippen LogP) is 3.35. The van der Waals surface area contributed by atoms with Crippen molar-refractivity contribution in [3.05, 3.63) is 29.8 Å². The molecule has 0 saturated heterocycles. The molecule has 1 aromatic carbocycles. The Morgan fingerprint density at radius 2 is 1.75 bits per heavy atom. The summed E-state index contributed by atoms with van der Waals surface area (Å²) >= 11 is 0. The third kappa shape index (κ3) is 5.43. The number of alkyl halides is 2. The normalized spacial score (nSPS) is 15.2. The summed E-state index contributed by atoms with van der Waals surface area (Å²) in [6, 6.07) is 6.28. The van der Waals surface area contributed by atoms with E-state index < -0.39 is 12.7 Å². The largest absolute Gasteiger partial charge is 0.435 e. The second-order valence-corrected chi connectivity index (χ2v) is 5.96. The van der Waals surface area contributed by atoms with E-state index in [-0.39, 0.29) is 17.2 Å². The SMILES string of the molecule is CC(NCC(O)c1ccc(OC(F)F)cc1)C(C)(C)C. The van der Waals surface area contributed by atoms with Crippen LogP contribution >= 0.6 is 0 Å². The average molecular weight is 287 g/mol. The zero-order valence-corrected chi connectivity index (χ0v) is 12.4. The molecule has 2 atom stereocenters. The topological polar surface area (TPSA) is 41.5 Å². The van der Waals surface area contributed by atoms with Crippen molar-refractivity contribution in [1.82, 2.24) is 5.32 Å². The van der Waals surface area contributed by atoms with E-state index in [9.17, 15) is 13.9 Å². The summed E-state index contributed by atoms with van der Waals surface area (Å²) in [4.78, 5) is 0. The fourth-order valence-electron chi connectivity index (χ4n) is 1.58. The van der Waals surface area contributed by atoms with Crippen molar-refractivity contribution in [2.75, 3.05) is 6.54 Å². The maximum Gasteiger partial charge on any atom is 0.387 e. The summed E-state index contributed by atoms with van der Waals surface area (Å²) in [5.74, 6) is 0.0898. The molecule has 0 aliphatic carbocycles. The first-order valence-electron chi connectivity index (χ1n) is 6.66. The molecule has 0 bridgehead atoms. The number of rotatable bonds is 6. The number of halogens is 2. The number of nitrogens with one attached hydrogen (secondary N) is 1. The third-order valence-corrected chi connectivity index (χ3v) is 3.41. The summed E-state index contributed by atoms with van der Waals surface area (Å²) in [5, 5.41) is 13.3. The van der Waals surface area contributed by atoms with E-state index in [0.717, 1.165) is 0 Å². The van der Waals surface area contributed by atoms with Crippen molar-refractivity contribution < 1.29 is 18.6 Å². The number of benzene rings is 1. The van der Waals surface area contributed by atoms with E-state index in [1.807, 2.05) is 0 Å². The second-order valence-electron chi connectivity index (χ2n) is 5.96. The molecule has 0 saturated carbocycles. The lowest BCUT2D eigenvalue weighted by Gasteiger charge is -2.29. The van der Waals surface area contributed by atoms with Crippen LogP contribution in [0.4, 0.5) is 8.78 Å². The summed E-state index contributed by atoms with van der Waals surface area (Å²) in [6.07, 6.45) is -0.680. The highest BCUT2D eigenvalue weighted by Gasteiger charge is 2.20. The maximum absolute atomic E-state index is 12.0. The Balaban J connectivity index is 2.53.